The van der Waals surface area contributed by atoms with Crippen LogP contribution in [0.4, 0.5) is 0 Å². The minimum Gasteiger partial charge on any atom is -0.483 e. The molecule has 2 heterocycles. The molecule has 1 saturated carbocycles. The summed E-state index contributed by atoms with van der Waals surface area (Å²) < 4.78 is 11.3. The molecule has 132 valence electrons. The summed E-state index contributed by atoms with van der Waals surface area (Å²) in [4.78, 5) is 26.4. The van der Waals surface area contributed by atoms with Gasteiger partial charge in [-0.1, -0.05) is 6.42 Å². The van der Waals surface area contributed by atoms with Crippen LogP contribution in [0.1, 0.15) is 36.0 Å². The van der Waals surface area contributed by atoms with E-state index in [1.54, 1.807) is 6.92 Å². The Kier molecular flexibility index (Phi) is 3.82. The third-order valence-electron chi connectivity index (χ3n) is 5.78. The number of hydrogen-bond donors (Lipinski definition) is 0. The number of amides is 1. The molecule has 4 rings (SSSR count). The van der Waals surface area contributed by atoms with Gasteiger partial charge in [-0.25, -0.2) is 4.79 Å². The highest BCUT2D eigenvalue weighted by Gasteiger charge is 2.44. The van der Waals surface area contributed by atoms with Crippen LogP contribution in [0.2, 0.25) is 0 Å². The predicted molar refractivity (Wildman–Crippen MR) is 95.0 cm³/mol. The molecular weight excluding hydrogens is 318 g/mol. The number of aryl methyl sites for hydroxylation is 2. The summed E-state index contributed by atoms with van der Waals surface area (Å²) in [5, 5.41) is 0.776. The quantitative estimate of drug-likeness (QED) is 0.805. The first-order valence-electron chi connectivity index (χ1n) is 8.92. The summed E-state index contributed by atoms with van der Waals surface area (Å²) in [6.07, 6.45) is 3.59. The van der Waals surface area contributed by atoms with Crippen LogP contribution in [0, 0.1) is 26.7 Å². The van der Waals surface area contributed by atoms with E-state index in [1.165, 1.54) is 12.8 Å². The predicted octanol–water partition coefficient (Wildman–Crippen LogP) is 3.11. The largest absolute Gasteiger partial charge is 0.483 e. The van der Waals surface area contributed by atoms with Crippen molar-refractivity contribution >= 4 is 16.9 Å². The third-order valence-corrected chi connectivity index (χ3v) is 5.78. The van der Waals surface area contributed by atoms with Crippen molar-refractivity contribution in [2.45, 2.75) is 46.1 Å². The van der Waals surface area contributed by atoms with Crippen molar-refractivity contribution in [3.8, 4) is 5.75 Å². The Morgan fingerprint density at radius 1 is 1.24 bits per heavy atom. The molecule has 1 aromatic heterocycles. The molecule has 0 radical (unpaired) electrons. The minimum atomic E-state index is -0.328. The molecule has 1 amide bonds. The normalized spacial score (nSPS) is 22.0. The van der Waals surface area contributed by atoms with E-state index < -0.39 is 0 Å². The fraction of sp³-hybridized carbons (Fsp3) is 0.500. The van der Waals surface area contributed by atoms with Crippen LogP contribution in [0.3, 0.4) is 0 Å². The minimum absolute atomic E-state index is 0.0272. The van der Waals surface area contributed by atoms with Gasteiger partial charge in [0.1, 0.15) is 11.3 Å². The molecule has 0 bridgehead atoms. The molecule has 2 atom stereocenters. The van der Waals surface area contributed by atoms with Gasteiger partial charge in [-0.15, -0.1) is 0 Å². The summed E-state index contributed by atoms with van der Waals surface area (Å²) in [6.45, 7) is 6.45. The standard InChI is InChI=1S/C20H23NO4/c1-11-7-16(19-12(2)13(3)20(23)25-17(19)8-11)24-10-18(22)21-9-14-5-4-6-15(14)21/h7-8,14-15H,4-6,9-10H2,1-3H3/t14-,15-/m0/s1. The van der Waals surface area contributed by atoms with Crippen molar-refractivity contribution in [1.82, 2.24) is 4.90 Å². The first-order chi connectivity index (χ1) is 12.0. The zero-order valence-electron chi connectivity index (χ0n) is 14.9. The van der Waals surface area contributed by atoms with E-state index in [0.29, 0.717) is 28.9 Å². The Bertz CT molecular complexity index is 914. The van der Waals surface area contributed by atoms with Gasteiger partial charge in [0, 0.05) is 18.2 Å². The summed E-state index contributed by atoms with van der Waals surface area (Å²) in [5.74, 6) is 1.35. The van der Waals surface area contributed by atoms with Gasteiger partial charge in [-0.2, -0.15) is 0 Å². The maximum Gasteiger partial charge on any atom is 0.339 e. The summed E-state index contributed by atoms with van der Waals surface area (Å²) in [5.41, 5.74) is 2.53. The first-order valence-corrected chi connectivity index (χ1v) is 8.92. The van der Waals surface area contributed by atoms with Crippen molar-refractivity contribution in [2.75, 3.05) is 13.2 Å². The average Bonchev–Trinajstić information content (AvgIpc) is 2.90. The van der Waals surface area contributed by atoms with Crippen molar-refractivity contribution in [3.63, 3.8) is 0 Å². The maximum absolute atomic E-state index is 12.5. The monoisotopic (exact) mass is 341 g/mol. The number of fused-ring (bicyclic) bond motifs is 2. The van der Waals surface area contributed by atoms with Gasteiger partial charge in [0.05, 0.1) is 5.39 Å². The van der Waals surface area contributed by atoms with Crippen LogP contribution < -0.4 is 10.4 Å². The lowest BCUT2D eigenvalue weighted by Crippen LogP contribution is -2.57. The van der Waals surface area contributed by atoms with Crippen LogP contribution in [0.15, 0.2) is 21.3 Å². The van der Waals surface area contributed by atoms with Gasteiger partial charge >= 0.3 is 5.63 Å². The average molecular weight is 341 g/mol. The number of likely N-dealkylation sites (tertiary alicyclic amines) is 1. The van der Waals surface area contributed by atoms with E-state index in [2.05, 4.69) is 0 Å². The number of benzene rings is 1. The van der Waals surface area contributed by atoms with Crippen LogP contribution in [-0.2, 0) is 4.79 Å². The molecule has 1 saturated heterocycles. The molecule has 1 aliphatic heterocycles. The highest BCUT2D eigenvalue weighted by molar-refractivity contribution is 5.88. The van der Waals surface area contributed by atoms with Crippen LogP contribution in [-0.4, -0.2) is 30.0 Å². The lowest BCUT2D eigenvalue weighted by atomic mass is 9.92. The third kappa shape index (κ3) is 2.62. The number of carbonyl (C=O) groups excluding carboxylic acids is 1. The van der Waals surface area contributed by atoms with E-state index in [0.717, 1.165) is 29.5 Å². The van der Waals surface area contributed by atoms with E-state index in [9.17, 15) is 9.59 Å². The topological polar surface area (TPSA) is 59.8 Å². The van der Waals surface area contributed by atoms with E-state index in [1.807, 2.05) is 30.9 Å². The van der Waals surface area contributed by atoms with Crippen molar-refractivity contribution in [1.29, 1.82) is 0 Å². The van der Waals surface area contributed by atoms with Crippen LogP contribution >= 0.6 is 0 Å². The number of hydrogen-bond acceptors (Lipinski definition) is 4. The van der Waals surface area contributed by atoms with Gasteiger partial charge in [0.2, 0.25) is 0 Å². The Labute approximate surface area is 146 Å². The molecule has 1 aliphatic carbocycles. The second-order valence-electron chi connectivity index (χ2n) is 7.37. The molecule has 2 aliphatic rings. The first kappa shape index (κ1) is 16.2. The molecule has 1 aromatic carbocycles. The zero-order chi connectivity index (χ0) is 17.7. The number of rotatable bonds is 3. The Balaban J connectivity index is 1.60. The molecule has 0 N–H and O–H groups in total. The van der Waals surface area contributed by atoms with Gasteiger partial charge in [-0.05, 0) is 62.8 Å². The second-order valence-corrected chi connectivity index (χ2v) is 7.37. The van der Waals surface area contributed by atoms with Gasteiger partial charge < -0.3 is 14.1 Å². The van der Waals surface area contributed by atoms with Crippen molar-refractivity contribution in [2.24, 2.45) is 5.92 Å². The summed E-state index contributed by atoms with van der Waals surface area (Å²) in [7, 11) is 0. The van der Waals surface area contributed by atoms with Gasteiger partial charge in [0.15, 0.2) is 6.61 Å². The molecule has 25 heavy (non-hydrogen) atoms. The van der Waals surface area contributed by atoms with Crippen LogP contribution in [0.25, 0.3) is 11.0 Å². The summed E-state index contributed by atoms with van der Waals surface area (Å²) in [6, 6.07) is 4.15. The molecule has 5 heteroatoms. The second kappa shape index (κ2) is 5.90. The molecular formula is C20H23NO4. The Morgan fingerprint density at radius 2 is 2.04 bits per heavy atom. The lowest BCUT2D eigenvalue weighted by Gasteiger charge is -2.44. The fourth-order valence-corrected chi connectivity index (χ4v) is 4.20. The lowest BCUT2D eigenvalue weighted by molar-refractivity contribution is -0.144. The smallest absolute Gasteiger partial charge is 0.339 e. The molecule has 0 spiro atoms. The number of nitrogens with zero attached hydrogens (tertiary/aromatic N) is 1. The van der Waals surface area contributed by atoms with Gasteiger partial charge in [0.25, 0.3) is 5.91 Å². The van der Waals surface area contributed by atoms with E-state index >= 15 is 0 Å². The molecule has 2 aromatic rings. The van der Waals surface area contributed by atoms with Crippen LogP contribution in [0.5, 0.6) is 5.75 Å². The van der Waals surface area contributed by atoms with Crippen molar-refractivity contribution in [3.05, 3.63) is 39.2 Å². The number of carbonyl (C=O) groups is 1. The highest BCUT2D eigenvalue weighted by Crippen LogP contribution is 2.39. The maximum atomic E-state index is 12.5. The van der Waals surface area contributed by atoms with Gasteiger partial charge in [-0.3, -0.25) is 4.79 Å². The highest BCUT2D eigenvalue weighted by atomic mass is 16.5. The Hall–Kier alpha value is -2.30. The molecule has 5 nitrogen and oxygen atoms in total. The SMILES string of the molecule is Cc1cc(OCC(=O)N2C[C@@H]3CCC[C@@H]32)c2c(C)c(C)c(=O)oc2c1. The zero-order valence-corrected chi connectivity index (χ0v) is 14.9. The fourth-order valence-electron chi connectivity index (χ4n) is 4.20. The van der Waals surface area contributed by atoms with E-state index in [4.69, 9.17) is 9.15 Å². The number of ether oxygens (including phenoxy) is 1. The molecule has 0 unspecified atom stereocenters. The van der Waals surface area contributed by atoms with Crippen molar-refractivity contribution < 1.29 is 13.9 Å². The Morgan fingerprint density at radius 3 is 2.80 bits per heavy atom. The molecule has 2 fully saturated rings. The van der Waals surface area contributed by atoms with E-state index in [-0.39, 0.29) is 18.1 Å². The summed E-state index contributed by atoms with van der Waals surface area (Å²) >= 11 is 0.